The summed E-state index contributed by atoms with van der Waals surface area (Å²) in [6, 6.07) is 15.0. The molecule has 2 aromatic carbocycles. The number of cyclic esters (lactones) is 1. The molecule has 4 rings (SSSR count). The molecule has 1 aliphatic rings. The van der Waals surface area contributed by atoms with Crippen molar-refractivity contribution in [1.82, 2.24) is 4.98 Å². The van der Waals surface area contributed by atoms with Gasteiger partial charge in [0.1, 0.15) is 11.7 Å². The van der Waals surface area contributed by atoms with Crippen LogP contribution in [0.5, 0.6) is 11.5 Å². The molecule has 0 unspecified atom stereocenters. The first-order valence-corrected chi connectivity index (χ1v) is 9.82. The molecule has 0 bridgehead atoms. The van der Waals surface area contributed by atoms with Crippen molar-refractivity contribution in [2.75, 3.05) is 19.5 Å². The van der Waals surface area contributed by atoms with Crippen LogP contribution in [0.25, 0.3) is 0 Å². The van der Waals surface area contributed by atoms with Gasteiger partial charge < -0.3 is 19.5 Å². The molecule has 1 aromatic heterocycles. The molecule has 1 aliphatic heterocycles. The van der Waals surface area contributed by atoms with Crippen LogP contribution in [-0.2, 0) is 16.0 Å². The van der Waals surface area contributed by atoms with Gasteiger partial charge in [-0.05, 0) is 47.9 Å². The summed E-state index contributed by atoms with van der Waals surface area (Å²) >= 11 is 0. The Hall–Kier alpha value is -3.87. The molecular weight excluding hydrogens is 396 g/mol. The minimum atomic E-state index is -0.673. The van der Waals surface area contributed by atoms with Crippen LogP contribution in [0.4, 0.5) is 5.69 Å². The lowest BCUT2D eigenvalue weighted by atomic mass is 10.0. The van der Waals surface area contributed by atoms with Crippen molar-refractivity contribution in [3.8, 4) is 11.5 Å². The lowest BCUT2D eigenvalue weighted by Crippen LogP contribution is -2.15. The van der Waals surface area contributed by atoms with E-state index in [1.807, 2.05) is 36.4 Å². The molecular formula is C24H22N2O5. The topological polar surface area (TPSA) is 86.8 Å². The Morgan fingerprint density at radius 1 is 1.00 bits per heavy atom. The van der Waals surface area contributed by atoms with E-state index < -0.39 is 12.1 Å². The Kier molecular flexibility index (Phi) is 5.84. The number of carbonyl (C=O) groups excluding carboxylic acids is 2. The first-order chi connectivity index (χ1) is 15.1. The van der Waals surface area contributed by atoms with Gasteiger partial charge in [-0.15, -0.1) is 0 Å². The Morgan fingerprint density at radius 3 is 2.39 bits per heavy atom. The van der Waals surface area contributed by atoms with Gasteiger partial charge in [-0.1, -0.05) is 18.2 Å². The van der Waals surface area contributed by atoms with Crippen LogP contribution >= 0.6 is 0 Å². The van der Waals surface area contributed by atoms with Gasteiger partial charge in [0.15, 0.2) is 11.5 Å². The maximum absolute atomic E-state index is 12.6. The normalized spacial score (nSPS) is 14.5. The molecule has 158 valence electrons. The average Bonchev–Trinajstić information content (AvgIpc) is 3.10. The third-order valence-electron chi connectivity index (χ3n) is 5.14. The number of amides is 1. The number of nitrogens with zero attached hydrogens (tertiary/aromatic N) is 1. The minimum absolute atomic E-state index is 0.00693. The van der Waals surface area contributed by atoms with Gasteiger partial charge in [0.2, 0.25) is 5.91 Å². The molecule has 0 spiro atoms. The second-order valence-corrected chi connectivity index (χ2v) is 7.14. The predicted octanol–water partition coefficient (Wildman–Crippen LogP) is 3.93. The minimum Gasteiger partial charge on any atom is -0.493 e. The standard InChI is InChI=1S/C24H22N2O5/c1-29-19-8-7-18-20(31-24(28)22(18)23(19)30-2)14-21(27)26-17-5-3-15(4-6-17)13-16-9-11-25-12-10-16/h3-12,20H,13-14H2,1-2H3,(H,26,27)/t20-/m1/s1. The van der Waals surface area contributed by atoms with Crippen LogP contribution in [0.1, 0.15) is 39.6 Å². The number of hydrogen-bond acceptors (Lipinski definition) is 6. The number of carbonyl (C=O) groups is 2. The van der Waals surface area contributed by atoms with E-state index in [1.165, 1.54) is 19.8 Å². The van der Waals surface area contributed by atoms with Crippen molar-refractivity contribution in [2.45, 2.75) is 18.9 Å². The van der Waals surface area contributed by atoms with Crippen molar-refractivity contribution in [1.29, 1.82) is 0 Å². The summed E-state index contributed by atoms with van der Waals surface area (Å²) in [7, 11) is 2.96. The molecule has 7 nitrogen and oxygen atoms in total. The molecule has 7 heteroatoms. The smallest absolute Gasteiger partial charge is 0.343 e. The highest BCUT2D eigenvalue weighted by Gasteiger charge is 2.36. The van der Waals surface area contributed by atoms with Crippen LogP contribution in [0.2, 0.25) is 0 Å². The number of benzene rings is 2. The van der Waals surface area contributed by atoms with Crippen molar-refractivity contribution in [2.24, 2.45) is 0 Å². The Bertz CT molecular complexity index is 1100. The molecule has 2 heterocycles. The van der Waals surface area contributed by atoms with Crippen LogP contribution in [0.3, 0.4) is 0 Å². The van der Waals surface area contributed by atoms with Gasteiger partial charge in [0.25, 0.3) is 0 Å². The van der Waals surface area contributed by atoms with Crippen LogP contribution in [0.15, 0.2) is 60.9 Å². The van der Waals surface area contributed by atoms with Gasteiger partial charge in [-0.3, -0.25) is 9.78 Å². The first kappa shape index (κ1) is 20.4. The molecule has 1 amide bonds. The molecule has 0 radical (unpaired) electrons. The predicted molar refractivity (Wildman–Crippen MR) is 114 cm³/mol. The first-order valence-electron chi connectivity index (χ1n) is 9.82. The number of anilines is 1. The fraction of sp³-hybridized carbons (Fsp3) is 0.208. The van der Waals surface area contributed by atoms with E-state index in [2.05, 4.69) is 10.3 Å². The summed E-state index contributed by atoms with van der Waals surface area (Å²) in [5.74, 6) is -0.0146. The molecule has 0 fully saturated rings. The zero-order chi connectivity index (χ0) is 21.8. The number of methoxy groups -OCH3 is 2. The fourth-order valence-electron chi connectivity index (χ4n) is 3.65. The van der Waals surface area contributed by atoms with Gasteiger partial charge in [0.05, 0.1) is 20.6 Å². The summed E-state index contributed by atoms with van der Waals surface area (Å²) in [6.07, 6.45) is 3.66. The number of aromatic nitrogens is 1. The molecule has 1 atom stereocenters. The highest BCUT2D eigenvalue weighted by Crippen LogP contribution is 2.43. The average molecular weight is 418 g/mol. The van der Waals surface area contributed by atoms with E-state index >= 15 is 0 Å². The van der Waals surface area contributed by atoms with Gasteiger partial charge in [-0.25, -0.2) is 4.79 Å². The van der Waals surface area contributed by atoms with Crippen LogP contribution < -0.4 is 14.8 Å². The zero-order valence-electron chi connectivity index (χ0n) is 17.3. The molecule has 3 aromatic rings. The molecule has 0 saturated carbocycles. The summed E-state index contributed by atoms with van der Waals surface area (Å²) < 4.78 is 16.0. The third kappa shape index (κ3) is 4.35. The summed E-state index contributed by atoms with van der Waals surface area (Å²) in [5.41, 5.74) is 3.90. The summed E-state index contributed by atoms with van der Waals surface area (Å²) in [5, 5.41) is 2.86. The van der Waals surface area contributed by atoms with E-state index in [1.54, 1.807) is 24.5 Å². The van der Waals surface area contributed by atoms with Crippen molar-refractivity contribution in [3.63, 3.8) is 0 Å². The summed E-state index contributed by atoms with van der Waals surface area (Å²) in [6.45, 7) is 0. The van der Waals surface area contributed by atoms with E-state index in [4.69, 9.17) is 14.2 Å². The molecule has 0 aliphatic carbocycles. The molecule has 1 N–H and O–H groups in total. The molecule has 0 saturated heterocycles. The van der Waals surface area contributed by atoms with E-state index in [-0.39, 0.29) is 12.3 Å². The quantitative estimate of drug-likeness (QED) is 0.585. The Balaban J connectivity index is 1.41. The van der Waals surface area contributed by atoms with Crippen LogP contribution in [0, 0.1) is 0 Å². The SMILES string of the molecule is COc1ccc2c(c1OC)C(=O)O[C@@H]2CC(=O)Nc1ccc(Cc2ccncc2)cc1. The highest BCUT2D eigenvalue weighted by molar-refractivity contribution is 5.99. The van der Waals surface area contributed by atoms with E-state index in [9.17, 15) is 9.59 Å². The van der Waals surface area contributed by atoms with Gasteiger partial charge >= 0.3 is 5.97 Å². The number of ether oxygens (including phenoxy) is 3. The zero-order valence-corrected chi connectivity index (χ0v) is 17.3. The molecule has 31 heavy (non-hydrogen) atoms. The number of nitrogens with one attached hydrogen (secondary N) is 1. The number of esters is 1. The Morgan fingerprint density at radius 2 is 1.71 bits per heavy atom. The highest BCUT2D eigenvalue weighted by atomic mass is 16.6. The maximum atomic E-state index is 12.6. The number of pyridine rings is 1. The van der Waals surface area contributed by atoms with Gasteiger partial charge in [-0.2, -0.15) is 0 Å². The lowest BCUT2D eigenvalue weighted by molar-refractivity contribution is -0.118. The maximum Gasteiger partial charge on any atom is 0.343 e. The van der Waals surface area contributed by atoms with Crippen molar-refractivity contribution < 1.29 is 23.8 Å². The van der Waals surface area contributed by atoms with E-state index in [0.717, 1.165) is 12.0 Å². The number of hydrogen-bond donors (Lipinski definition) is 1. The van der Waals surface area contributed by atoms with Crippen molar-refractivity contribution in [3.05, 3.63) is 83.2 Å². The largest absolute Gasteiger partial charge is 0.493 e. The second-order valence-electron chi connectivity index (χ2n) is 7.14. The van der Waals surface area contributed by atoms with Crippen molar-refractivity contribution >= 4 is 17.6 Å². The number of rotatable bonds is 7. The fourth-order valence-corrected chi connectivity index (χ4v) is 3.65. The van der Waals surface area contributed by atoms with E-state index in [0.29, 0.717) is 28.3 Å². The second kappa shape index (κ2) is 8.87. The monoisotopic (exact) mass is 418 g/mol. The van der Waals surface area contributed by atoms with Crippen LogP contribution in [-0.4, -0.2) is 31.1 Å². The Labute approximate surface area is 180 Å². The summed E-state index contributed by atoms with van der Waals surface area (Å²) in [4.78, 5) is 29.0. The van der Waals surface area contributed by atoms with Gasteiger partial charge in [0, 0.05) is 23.6 Å². The lowest BCUT2D eigenvalue weighted by Gasteiger charge is -2.13. The number of fused-ring (bicyclic) bond motifs is 1. The third-order valence-corrected chi connectivity index (χ3v) is 5.14.